The van der Waals surface area contributed by atoms with Gasteiger partial charge in [-0.25, -0.2) is 4.79 Å². The molecule has 2 atom stereocenters. The lowest BCUT2D eigenvalue weighted by Crippen LogP contribution is -2.47. The number of hydrogen-bond acceptors (Lipinski definition) is 3. The van der Waals surface area contributed by atoms with Gasteiger partial charge in [0.2, 0.25) is 0 Å². The van der Waals surface area contributed by atoms with Crippen LogP contribution in [0, 0.1) is 11.8 Å². The highest BCUT2D eigenvalue weighted by Gasteiger charge is 2.33. The molecular formula is C15H27NO3. The Kier molecular flexibility index (Phi) is 4.39. The summed E-state index contributed by atoms with van der Waals surface area (Å²) in [5.41, 5.74) is -0.448. The lowest BCUT2D eigenvalue weighted by Gasteiger charge is -2.37. The molecule has 2 fully saturated rings. The van der Waals surface area contributed by atoms with Crippen LogP contribution in [0.5, 0.6) is 0 Å². The van der Waals surface area contributed by atoms with E-state index in [2.05, 4.69) is 0 Å². The fraction of sp³-hybridized carbons (Fsp3) is 0.933. The molecule has 0 aromatic heterocycles. The quantitative estimate of drug-likeness (QED) is 0.857. The predicted octanol–water partition coefficient (Wildman–Crippen LogP) is 2.79. The molecule has 1 aliphatic carbocycles. The second-order valence-electron chi connectivity index (χ2n) is 7.06. The van der Waals surface area contributed by atoms with Gasteiger partial charge in [-0.1, -0.05) is 19.3 Å². The summed E-state index contributed by atoms with van der Waals surface area (Å²) in [6.45, 7) is 6.90. The monoisotopic (exact) mass is 269 g/mol. The molecule has 110 valence electrons. The second kappa shape index (κ2) is 5.70. The Morgan fingerprint density at radius 3 is 2.53 bits per heavy atom. The normalized spacial score (nSPS) is 28.3. The third-order valence-electron chi connectivity index (χ3n) is 3.99. The largest absolute Gasteiger partial charge is 0.444 e. The average molecular weight is 269 g/mol. The minimum Gasteiger partial charge on any atom is -0.444 e. The Bertz CT molecular complexity index is 320. The third kappa shape index (κ3) is 4.68. The maximum Gasteiger partial charge on any atom is 0.410 e. The van der Waals surface area contributed by atoms with Crippen LogP contribution >= 0.6 is 0 Å². The van der Waals surface area contributed by atoms with Gasteiger partial charge in [-0.15, -0.1) is 0 Å². The van der Waals surface area contributed by atoms with Gasteiger partial charge in [0, 0.05) is 19.0 Å². The maximum atomic E-state index is 12.0. The standard InChI is InChI=1S/C15H27NO3/c1-15(2,3)19-14(18)16-9-8-13(17)12(10-16)7-6-11-4-5-11/h11-13,17H,4-10H2,1-3H3. The highest BCUT2D eigenvalue weighted by Crippen LogP contribution is 2.36. The number of likely N-dealkylation sites (tertiary alicyclic amines) is 1. The van der Waals surface area contributed by atoms with Crippen molar-refractivity contribution in [3.8, 4) is 0 Å². The summed E-state index contributed by atoms with van der Waals surface area (Å²) in [4.78, 5) is 13.8. The maximum absolute atomic E-state index is 12.0. The van der Waals surface area contributed by atoms with E-state index in [0.717, 1.165) is 12.3 Å². The average Bonchev–Trinajstić information content (AvgIpc) is 3.09. The number of ether oxygens (including phenoxy) is 1. The van der Waals surface area contributed by atoms with Crippen LogP contribution in [-0.4, -0.2) is 40.9 Å². The van der Waals surface area contributed by atoms with Crippen LogP contribution in [0.2, 0.25) is 0 Å². The Hall–Kier alpha value is -0.770. The van der Waals surface area contributed by atoms with E-state index in [1.54, 1.807) is 4.90 Å². The minimum absolute atomic E-state index is 0.224. The smallest absolute Gasteiger partial charge is 0.410 e. The van der Waals surface area contributed by atoms with Crippen LogP contribution in [-0.2, 0) is 4.74 Å². The summed E-state index contributed by atoms with van der Waals surface area (Å²) < 4.78 is 5.40. The molecule has 1 amide bonds. The summed E-state index contributed by atoms with van der Waals surface area (Å²) in [6, 6.07) is 0. The highest BCUT2D eigenvalue weighted by molar-refractivity contribution is 5.68. The van der Waals surface area contributed by atoms with E-state index >= 15 is 0 Å². The Morgan fingerprint density at radius 2 is 1.95 bits per heavy atom. The molecule has 0 bridgehead atoms. The predicted molar refractivity (Wildman–Crippen MR) is 73.9 cm³/mol. The number of carbonyl (C=O) groups is 1. The minimum atomic E-state index is -0.448. The van der Waals surface area contributed by atoms with E-state index in [-0.39, 0.29) is 18.1 Å². The number of carbonyl (C=O) groups excluding carboxylic acids is 1. The van der Waals surface area contributed by atoms with Gasteiger partial charge in [-0.05, 0) is 39.5 Å². The fourth-order valence-electron chi connectivity index (χ4n) is 2.65. The molecule has 0 radical (unpaired) electrons. The number of hydrogen-bond donors (Lipinski definition) is 1. The van der Waals surface area contributed by atoms with Crippen molar-refractivity contribution in [1.82, 2.24) is 4.90 Å². The number of nitrogens with zero attached hydrogens (tertiary/aromatic N) is 1. The molecule has 0 spiro atoms. The van der Waals surface area contributed by atoms with E-state index in [9.17, 15) is 9.90 Å². The number of aliphatic hydroxyl groups is 1. The first-order chi connectivity index (χ1) is 8.85. The number of rotatable bonds is 3. The lowest BCUT2D eigenvalue weighted by atomic mass is 9.90. The van der Waals surface area contributed by atoms with Gasteiger partial charge < -0.3 is 14.7 Å². The molecular weight excluding hydrogens is 242 g/mol. The molecule has 1 aliphatic heterocycles. The fourth-order valence-corrected chi connectivity index (χ4v) is 2.65. The highest BCUT2D eigenvalue weighted by atomic mass is 16.6. The zero-order chi connectivity index (χ0) is 14.0. The first kappa shape index (κ1) is 14.6. The summed E-state index contributed by atoms with van der Waals surface area (Å²) >= 11 is 0. The summed E-state index contributed by atoms with van der Waals surface area (Å²) in [7, 11) is 0. The van der Waals surface area contributed by atoms with Crippen molar-refractivity contribution in [2.45, 2.75) is 64.6 Å². The van der Waals surface area contributed by atoms with Gasteiger partial charge in [-0.2, -0.15) is 0 Å². The summed E-state index contributed by atoms with van der Waals surface area (Å²) in [5, 5.41) is 10.1. The van der Waals surface area contributed by atoms with Crippen molar-refractivity contribution in [1.29, 1.82) is 0 Å². The summed E-state index contributed by atoms with van der Waals surface area (Å²) in [5.74, 6) is 1.10. The topological polar surface area (TPSA) is 49.8 Å². The first-order valence-corrected chi connectivity index (χ1v) is 7.51. The van der Waals surface area contributed by atoms with Crippen LogP contribution in [0.4, 0.5) is 4.79 Å². The van der Waals surface area contributed by atoms with Crippen LogP contribution in [0.3, 0.4) is 0 Å². The molecule has 4 heteroatoms. The van der Waals surface area contributed by atoms with Crippen molar-refractivity contribution < 1.29 is 14.6 Å². The molecule has 1 saturated heterocycles. The molecule has 2 rings (SSSR count). The van der Waals surface area contributed by atoms with Gasteiger partial charge in [0.1, 0.15) is 5.60 Å². The van der Waals surface area contributed by atoms with Gasteiger partial charge in [0.05, 0.1) is 6.10 Å². The lowest BCUT2D eigenvalue weighted by molar-refractivity contribution is -0.0105. The Balaban J connectivity index is 1.82. The van der Waals surface area contributed by atoms with E-state index < -0.39 is 5.60 Å². The van der Waals surface area contributed by atoms with E-state index in [1.807, 2.05) is 20.8 Å². The van der Waals surface area contributed by atoms with Crippen LogP contribution < -0.4 is 0 Å². The van der Waals surface area contributed by atoms with E-state index in [1.165, 1.54) is 19.3 Å². The second-order valence-corrected chi connectivity index (χ2v) is 7.06. The van der Waals surface area contributed by atoms with Crippen molar-refractivity contribution in [2.75, 3.05) is 13.1 Å². The van der Waals surface area contributed by atoms with Gasteiger partial charge in [-0.3, -0.25) is 0 Å². The van der Waals surface area contributed by atoms with Gasteiger partial charge in [0.15, 0.2) is 0 Å². The van der Waals surface area contributed by atoms with Gasteiger partial charge >= 0.3 is 6.09 Å². The molecule has 1 heterocycles. The Morgan fingerprint density at radius 1 is 1.26 bits per heavy atom. The molecule has 4 nitrogen and oxygen atoms in total. The number of aliphatic hydroxyl groups excluding tert-OH is 1. The molecule has 1 N–H and O–H groups in total. The van der Waals surface area contributed by atoms with Crippen molar-refractivity contribution >= 4 is 6.09 Å². The first-order valence-electron chi connectivity index (χ1n) is 7.51. The van der Waals surface area contributed by atoms with Crippen LogP contribution in [0.1, 0.15) is 52.9 Å². The molecule has 0 aromatic rings. The van der Waals surface area contributed by atoms with Gasteiger partial charge in [0.25, 0.3) is 0 Å². The van der Waals surface area contributed by atoms with E-state index in [0.29, 0.717) is 19.5 Å². The van der Waals surface area contributed by atoms with Crippen molar-refractivity contribution in [3.05, 3.63) is 0 Å². The zero-order valence-corrected chi connectivity index (χ0v) is 12.4. The van der Waals surface area contributed by atoms with Crippen LogP contribution in [0.15, 0.2) is 0 Å². The number of amides is 1. The molecule has 19 heavy (non-hydrogen) atoms. The van der Waals surface area contributed by atoms with E-state index in [4.69, 9.17) is 4.74 Å². The SMILES string of the molecule is CC(C)(C)OC(=O)N1CCC(O)C(CCC2CC2)C1. The van der Waals surface area contributed by atoms with Crippen molar-refractivity contribution in [2.24, 2.45) is 11.8 Å². The third-order valence-corrected chi connectivity index (χ3v) is 3.99. The summed E-state index contributed by atoms with van der Waals surface area (Å²) in [6.07, 6.45) is 5.11. The number of piperidine rings is 1. The van der Waals surface area contributed by atoms with Crippen LogP contribution in [0.25, 0.3) is 0 Å². The zero-order valence-electron chi connectivity index (χ0n) is 12.4. The molecule has 1 saturated carbocycles. The molecule has 2 unspecified atom stereocenters. The van der Waals surface area contributed by atoms with Crippen molar-refractivity contribution in [3.63, 3.8) is 0 Å². The molecule has 0 aromatic carbocycles. The molecule has 2 aliphatic rings. The Labute approximate surface area is 116 Å².